The third-order valence-corrected chi connectivity index (χ3v) is 5.11. The van der Waals surface area contributed by atoms with Crippen molar-refractivity contribution in [2.45, 2.75) is 26.7 Å². The molecule has 0 amide bonds. The van der Waals surface area contributed by atoms with Gasteiger partial charge in [-0.3, -0.25) is 4.79 Å². The summed E-state index contributed by atoms with van der Waals surface area (Å²) in [5.74, 6) is 1.34. The van der Waals surface area contributed by atoms with Crippen LogP contribution in [0.3, 0.4) is 0 Å². The maximum absolute atomic E-state index is 13.5. The molecule has 1 aromatic heterocycles. The van der Waals surface area contributed by atoms with Gasteiger partial charge in [0.2, 0.25) is 5.89 Å². The molecule has 31 heavy (non-hydrogen) atoms. The predicted octanol–water partition coefficient (Wildman–Crippen LogP) is 6.77. The molecule has 0 saturated carbocycles. The molecule has 156 valence electrons. The molecule has 0 aliphatic carbocycles. The first-order chi connectivity index (χ1) is 15.0. The van der Waals surface area contributed by atoms with E-state index < -0.39 is 0 Å². The lowest BCUT2D eigenvalue weighted by molar-refractivity contribution is 0.105. The molecule has 0 bridgehead atoms. The summed E-state index contributed by atoms with van der Waals surface area (Å²) in [7, 11) is 0. The van der Waals surface area contributed by atoms with Crippen LogP contribution in [0, 0.1) is 0 Å². The minimum Gasteiger partial charge on any atom is -0.494 e. The number of hydrogen-bond acceptors (Lipinski definition) is 4. The second-order valence-electron chi connectivity index (χ2n) is 7.65. The van der Waals surface area contributed by atoms with Gasteiger partial charge in [-0.2, -0.15) is 0 Å². The minimum atomic E-state index is -0.150. The third-order valence-electron chi connectivity index (χ3n) is 5.11. The average molecular weight is 412 g/mol. The number of ether oxygens (including phenoxy) is 1. The van der Waals surface area contributed by atoms with Crippen LogP contribution in [0.5, 0.6) is 5.75 Å². The molecule has 0 unspecified atom stereocenters. The van der Waals surface area contributed by atoms with E-state index in [1.54, 1.807) is 24.3 Å². The van der Waals surface area contributed by atoms with Crippen LogP contribution in [-0.2, 0) is 0 Å². The summed E-state index contributed by atoms with van der Waals surface area (Å²) in [6, 6.07) is 22.9. The zero-order valence-corrected chi connectivity index (χ0v) is 18.0. The van der Waals surface area contributed by atoms with E-state index in [9.17, 15) is 4.79 Å². The summed E-state index contributed by atoms with van der Waals surface area (Å²) in [5.41, 5.74) is 4.50. The first-order valence-electron chi connectivity index (χ1n) is 10.5. The number of fused-ring (bicyclic) bond motifs is 1. The molecule has 0 radical (unpaired) electrons. The third kappa shape index (κ3) is 4.58. The normalized spacial score (nSPS) is 11.8. The topological polar surface area (TPSA) is 52.3 Å². The molecular formula is C27H25NO3. The highest BCUT2D eigenvalue weighted by Crippen LogP contribution is 2.27. The van der Waals surface area contributed by atoms with Crippen molar-refractivity contribution >= 4 is 28.5 Å². The summed E-state index contributed by atoms with van der Waals surface area (Å²) in [5, 5.41) is 0. The number of oxazole rings is 1. The molecule has 1 heterocycles. The fourth-order valence-electron chi connectivity index (χ4n) is 3.38. The summed E-state index contributed by atoms with van der Waals surface area (Å²) in [4.78, 5) is 18.0. The van der Waals surface area contributed by atoms with E-state index in [4.69, 9.17) is 9.15 Å². The lowest BCUT2D eigenvalue weighted by Gasteiger charge is -2.08. The first-order valence-corrected chi connectivity index (χ1v) is 10.5. The average Bonchev–Trinajstić information content (AvgIpc) is 3.22. The van der Waals surface area contributed by atoms with E-state index in [-0.39, 0.29) is 5.78 Å². The van der Waals surface area contributed by atoms with E-state index in [1.165, 1.54) is 5.56 Å². The Morgan fingerprint density at radius 3 is 2.35 bits per heavy atom. The van der Waals surface area contributed by atoms with Crippen molar-refractivity contribution in [2.24, 2.45) is 0 Å². The number of rotatable bonds is 7. The molecule has 4 rings (SSSR count). The fourth-order valence-corrected chi connectivity index (χ4v) is 3.38. The van der Waals surface area contributed by atoms with Crippen LogP contribution < -0.4 is 4.74 Å². The summed E-state index contributed by atoms with van der Waals surface area (Å²) < 4.78 is 11.4. The number of hydrogen-bond donors (Lipinski definition) is 0. The number of allylic oxidation sites excluding steroid dienone is 1. The van der Waals surface area contributed by atoms with E-state index in [1.807, 2.05) is 49.4 Å². The fraction of sp³-hybridized carbons (Fsp3) is 0.185. The number of carbonyl (C=O) groups is 1. The van der Waals surface area contributed by atoms with Gasteiger partial charge in [0.25, 0.3) is 0 Å². The lowest BCUT2D eigenvalue weighted by atomic mass is 9.98. The van der Waals surface area contributed by atoms with Gasteiger partial charge in [0.05, 0.1) is 12.2 Å². The maximum Gasteiger partial charge on any atom is 0.231 e. The number of ketones is 1. The largest absolute Gasteiger partial charge is 0.494 e. The van der Waals surface area contributed by atoms with Crippen LogP contribution in [0.15, 0.2) is 77.2 Å². The van der Waals surface area contributed by atoms with Crippen molar-refractivity contribution in [3.8, 4) is 5.75 Å². The number of para-hydroxylation sites is 2. The molecule has 0 fully saturated rings. The van der Waals surface area contributed by atoms with E-state index >= 15 is 0 Å². The Kier molecular flexibility index (Phi) is 5.99. The van der Waals surface area contributed by atoms with Crippen LogP contribution >= 0.6 is 0 Å². The van der Waals surface area contributed by atoms with Crippen molar-refractivity contribution in [1.29, 1.82) is 0 Å². The highest BCUT2D eigenvalue weighted by molar-refractivity contribution is 6.31. The zero-order valence-electron chi connectivity index (χ0n) is 18.0. The molecule has 0 atom stereocenters. The van der Waals surface area contributed by atoms with E-state index in [0.29, 0.717) is 35.1 Å². The second-order valence-corrected chi connectivity index (χ2v) is 7.65. The number of aromatic nitrogens is 1. The van der Waals surface area contributed by atoms with Gasteiger partial charge in [0.1, 0.15) is 11.3 Å². The van der Waals surface area contributed by atoms with Gasteiger partial charge in [-0.25, -0.2) is 4.98 Å². The number of carbonyl (C=O) groups excluding carboxylic acids is 1. The van der Waals surface area contributed by atoms with Crippen molar-refractivity contribution in [1.82, 2.24) is 4.98 Å². The second kappa shape index (κ2) is 9.00. The Morgan fingerprint density at radius 1 is 1.00 bits per heavy atom. The van der Waals surface area contributed by atoms with E-state index in [0.717, 1.165) is 16.8 Å². The quantitative estimate of drug-likeness (QED) is 0.249. The monoisotopic (exact) mass is 411 g/mol. The van der Waals surface area contributed by atoms with Crippen molar-refractivity contribution in [3.05, 3.63) is 95.4 Å². The van der Waals surface area contributed by atoms with Crippen LogP contribution in [0.1, 0.15) is 54.1 Å². The van der Waals surface area contributed by atoms with Gasteiger partial charge >= 0.3 is 0 Å². The van der Waals surface area contributed by atoms with Gasteiger partial charge in [-0.1, -0.05) is 50.2 Å². The van der Waals surface area contributed by atoms with Crippen molar-refractivity contribution in [3.63, 3.8) is 0 Å². The summed E-state index contributed by atoms with van der Waals surface area (Å²) >= 11 is 0. The number of nitrogens with zero attached hydrogens (tertiary/aromatic N) is 1. The molecule has 0 aliphatic heterocycles. The van der Waals surface area contributed by atoms with E-state index in [2.05, 4.69) is 31.0 Å². The summed E-state index contributed by atoms with van der Waals surface area (Å²) in [6.07, 6.45) is 1.84. The zero-order chi connectivity index (χ0) is 21.8. The molecule has 4 heteroatoms. The molecule has 0 aliphatic rings. The Bertz CT molecular complexity index is 1180. The Labute approximate surface area is 182 Å². The smallest absolute Gasteiger partial charge is 0.231 e. The Hall–Kier alpha value is -3.66. The van der Waals surface area contributed by atoms with Gasteiger partial charge in [0, 0.05) is 5.56 Å². The lowest BCUT2D eigenvalue weighted by Crippen LogP contribution is -2.03. The van der Waals surface area contributed by atoms with Gasteiger partial charge in [-0.15, -0.1) is 0 Å². The Morgan fingerprint density at radius 2 is 1.71 bits per heavy atom. The standard InChI is InChI=1S/C27H25NO3/c1-4-30-22-15-13-21(14-16-22)26(29)23(17-19-9-11-20(12-10-19)18(2)3)27-28-24-7-5-6-8-25(24)31-27/h5-18H,4H2,1-3H3/b23-17+. The van der Waals surface area contributed by atoms with Crippen LogP contribution in [0.4, 0.5) is 0 Å². The van der Waals surface area contributed by atoms with Crippen LogP contribution in [0.25, 0.3) is 22.7 Å². The maximum atomic E-state index is 13.5. The highest BCUT2D eigenvalue weighted by atomic mass is 16.5. The SMILES string of the molecule is CCOc1ccc(C(=O)/C(=C\c2ccc(C(C)C)cc2)c2nc3ccccc3o2)cc1. The van der Waals surface area contributed by atoms with Crippen LogP contribution in [0.2, 0.25) is 0 Å². The predicted molar refractivity (Wildman–Crippen MR) is 124 cm³/mol. The minimum absolute atomic E-state index is 0.150. The molecule has 3 aromatic carbocycles. The van der Waals surface area contributed by atoms with Gasteiger partial charge < -0.3 is 9.15 Å². The molecule has 0 saturated heterocycles. The molecule has 4 nitrogen and oxygen atoms in total. The van der Waals surface area contributed by atoms with Gasteiger partial charge in [0.15, 0.2) is 11.4 Å². The molecule has 4 aromatic rings. The van der Waals surface area contributed by atoms with Gasteiger partial charge in [-0.05, 0) is 66.4 Å². The highest BCUT2D eigenvalue weighted by Gasteiger charge is 2.20. The Balaban J connectivity index is 1.77. The first kappa shape index (κ1) is 20.6. The van der Waals surface area contributed by atoms with Crippen LogP contribution in [-0.4, -0.2) is 17.4 Å². The molecule has 0 spiro atoms. The van der Waals surface area contributed by atoms with Crippen molar-refractivity contribution in [2.75, 3.05) is 6.61 Å². The molecule has 0 N–H and O–H groups in total. The number of Topliss-reactive ketones (excluding diaryl/α,β-unsaturated/α-hetero) is 1. The molecular weight excluding hydrogens is 386 g/mol. The summed E-state index contributed by atoms with van der Waals surface area (Å²) in [6.45, 7) is 6.82. The number of benzene rings is 3. The van der Waals surface area contributed by atoms with Crippen molar-refractivity contribution < 1.29 is 13.9 Å².